The van der Waals surface area contributed by atoms with Crippen molar-refractivity contribution in [2.24, 2.45) is 0 Å². The van der Waals surface area contributed by atoms with Gasteiger partial charge in [-0.1, -0.05) is 5.16 Å². The molecule has 0 unspecified atom stereocenters. The molecule has 0 saturated heterocycles. The van der Waals surface area contributed by atoms with Crippen molar-refractivity contribution < 1.29 is 14.1 Å². The number of ether oxygens (including phenoxy) is 1. The molecule has 2 rings (SSSR count). The molecule has 8 heteroatoms. The Hall–Kier alpha value is -2.22. The third kappa shape index (κ3) is 2.67. The predicted molar refractivity (Wildman–Crippen MR) is 56.3 cm³/mol. The third-order valence-electron chi connectivity index (χ3n) is 1.90. The van der Waals surface area contributed by atoms with Gasteiger partial charge >= 0.3 is 0 Å². The molecule has 0 spiro atoms. The number of hydrogen-bond acceptors (Lipinski definition) is 6. The lowest BCUT2D eigenvalue weighted by molar-refractivity contribution is 0.101. The summed E-state index contributed by atoms with van der Waals surface area (Å²) in [5.74, 6) is 0.850. The Morgan fingerprint density at radius 3 is 3.12 bits per heavy atom. The zero-order chi connectivity index (χ0) is 12.3. The fraction of sp³-hybridized carbons (Fsp3) is 0.333. The highest BCUT2D eigenvalue weighted by Gasteiger charge is 2.14. The van der Waals surface area contributed by atoms with Crippen molar-refractivity contribution in [3.8, 4) is 0 Å². The quantitative estimate of drug-likeness (QED) is 0.802. The molecular weight excluding hydrogens is 226 g/mol. The number of anilines is 1. The Morgan fingerprint density at radius 2 is 2.47 bits per heavy atom. The second-order valence-corrected chi connectivity index (χ2v) is 3.31. The molecule has 0 saturated carbocycles. The maximum absolute atomic E-state index is 11.7. The number of aromatic nitrogens is 4. The molecule has 17 heavy (non-hydrogen) atoms. The van der Waals surface area contributed by atoms with E-state index in [1.54, 1.807) is 6.92 Å². The summed E-state index contributed by atoms with van der Waals surface area (Å²) in [5.41, 5.74) is 0.152. The molecule has 0 aliphatic carbocycles. The molecule has 2 aromatic rings. The standard InChI is InChI=1S/C9H11N5O3/c1-5-10-9(13-12-5)11-8(15)7-3-6(4-16-2)17-14-7/h3H,4H2,1-2H3,(H2,10,11,12,13,15). The first-order chi connectivity index (χ1) is 8.19. The molecule has 2 N–H and O–H groups in total. The fourth-order valence-electron chi connectivity index (χ4n) is 1.19. The fourth-order valence-corrected chi connectivity index (χ4v) is 1.19. The zero-order valence-corrected chi connectivity index (χ0v) is 9.35. The van der Waals surface area contributed by atoms with E-state index in [1.807, 2.05) is 0 Å². The number of carbonyl (C=O) groups excluding carboxylic acids is 1. The van der Waals surface area contributed by atoms with Crippen molar-refractivity contribution in [2.75, 3.05) is 12.4 Å². The van der Waals surface area contributed by atoms with E-state index in [9.17, 15) is 4.79 Å². The van der Waals surface area contributed by atoms with Gasteiger partial charge in [0.15, 0.2) is 11.5 Å². The summed E-state index contributed by atoms with van der Waals surface area (Å²) in [6.45, 7) is 2.00. The summed E-state index contributed by atoms with van der Waals surface area (Å²) in [5, 5.41) is 12.5. The Labute approximate surface area is 96.4 Å². The second-order valence-electron chi connectivity index (χ2n) is 3.31. The van der Waals surface area contributed by atoms with Gasteiger partial charge in [0.1, 0.15) is 12.4 Å². The number of H-pyrrole nitrogens is 1. The third-order valence-corrected chi connectivity index (χ3v) is 1.90. The smallest absolute Gasteiger partial charge is 0.280 e. The van der Waals surface area contributed by atoms with Gasteiger partial charge in [-0.05, 0) is 6.92 Å². The number of aryl methyl sites for hydroxylation is 1. The lowest BCUT2D eigenvalue weighted by atomic mass is 10.3. The summed E-state index contributed by atoms with van der Waals surface area (Å²) in [7, 11) is 1.53. The van der Waals surface area contributed by atoms with E-state index in [1.165, 1.54) is 13.2 Å². The van der Waals surface area contributed by atoms with Crippen LogP contribution in [0.5, 0.6) is 0 Å². The number of rotatable bonds is 4. The largest absolute Gasteiger partial charge is 0.377 e. The molecule has 0 fully saturated rings. The van der Waals surface area contributed by atoms with Crippen LogP contribution in [0.4, 0.5) is 5.95 Å². The topological polar surface area (TPSA) is 106 Å². The molecule has 0 radical (unpaired) electrons. The number of amides is 1. The highest BCUT2D eigenvalue weighted by molar-refractivity contribution is 6.01. The molecule has 90 valence electrons. The van der Waals surface area contributed by atoms with Crippen LogP contribution in [0.25, 0.3) is 0 Å². The van der Waals surface area contributed by atoms with Gasteiger partial charge in [0.05, 0.1) is 0 Å². The van der Waals surface area contributed by atoms with E-state index in [0.717, 1.165) is 0 Å². The van der Waals surface area contributed by atoms with E-state index in [0.29, 0.717) is 11.6 Å². The Morgan fingerprint density at radius 1 is 1.65 bits per heavy atom. The molecule has 0 atom stereocenters. The minimum atomic E-state index is -0.435. The molecule has 0 aromatic carbocycles. The van der Waals surface area contributed by atoms with Crippen molar-refractivity contribution in [1.82, 2.24) is 20.3 Å². The molecule has 0 bridgehead atoms. The van der Waals surface area contributed by atoms with Crippen LogP contribution in [-0.4, -0.2) is 33.4 Å². The van der Waals surface area contributed by atoms with Crippen molar-refractivity contribution in [1.29, 1.82) is 0 Å². The minimum Gasteiger partial charge on any atom is -0.377 e. The van der Waals surface area contributed by atoms with Crippen LogP contribution < -0.4 is 5.32 Å². The van der Waals surface area contributed by atoms with Crippen molar-refractivity contribution >= 4 is 11.9 Å². The monoisotopic (exact) mass is 237 g/mol. The van der Waals surface area contributed by atoms with Crippen LogP contribution in [-0.2, 0) is 11.3 Å². The highest BCUT2D eigenvalue weighted by Crippen LogP contribution is 2.07. The highest BCUT2D eigenvalue weighted by atomic mass is 16.5. The molecule has 8 nitrogen and oxygen atoms in total. The molecule has 1 amide bonds. The van der Waals surface area contributed by atoms with Gasteiger partial charge in [0, 0.05) is 13.2 Å². The molecule has 0 aliphatic heterocycles. The van der Waals surface area contributed by atoms with Crippen molar-refractivity contribution in [2.45, 2.75) is 13.5 Å². The van der Waals surface area contributed by atoms with Gasteiger partial charge in [-0.2, -0.15) is 4.98 Å². The van der Waals surface area contributed by atoms with E-state index < -0.39 is 5.91 Å². The lowest BCUT2D eigenvalue weighted by Gasteiger charge is -1.94. The normalized spacial score (nSPS) is 10.5. The van der Waals surface area contributed by atoms with Gasteiger partial charge in [-0.3, -0.25) is 15.2 Å². The second kappa shape index (κ2) is 4.74. The number of aromatic amines is 1. The van der Waals surface area contributed by atoms with E-state index in [4.69, 9.17) is 9.26 Å². The van der Waals surface area contributed by atoms with Gasteiger partial charge in [0.2, 0.25) is 5.95 Å². The minimum absolute atomic E-state index is 0.152. The number of methoxy groups -OCH3 is 1. The summed E-state index contributed by atoms with van der Waals surface area (Å²) < 4.78 is 9.73. The number of hydrogen-bond donors (Lipinski definition) is 2. The van der Waals surface area contributed by atoms with Crippen LogP contribution in [0, 0.1) is 6.92 Å². The van der Waals surface area contributed by atoms with Gasteiger partial charge in [0.25, 0.3) is 5.91 Å². The summed E-state index contributed by atoms with van der Waals surface area (Å²) in [6, 6.07) is 1.50. The summed E-state index contributed by atoms with van der Waals surface area (Å²) >= 11 is 0. The zero-order valence-electron chi connectivity index (χ0n) is 9.35. The maximum Gasteiger partial charge on any atom is 0.280 e. The van der Waals surface area contributed by atoms with E-state index >= 15 is 0 Å². The summed E-state index contributed by atoms with van der Waals surface area (Å²) in [6.07, 6.45) is 0. The first kappa shape index (κ1) is 11.3. The Bertz CT molecular complexity index is 518. The average Bonchev–Trinajstić information content (AvgIpc) is 2.88. The summed E-state index contributed by atoms with van der Waals surface area (Å²) in [4.78, 5) is 15.6. The number of carbonyl (C=O) groups is 1. The van der Waals surface area contributed by atoms with Gasteiger partial charge in [-0.25, -0.2) is 0 Å². The molecular formula is C9H11N5O3. The molecule has 2 heterocycles. The van der Waals surface area contributed by atoms with Crippen LogP contribution in [0.1, 0.15) is 22.1 Å². The van der Waals surface area contributed by atoms with Crippen LogP contribution in [0.2, 0.25) is 0 Å². The number of nitrogens with zero attached hydrogens (tertiary/aromatic N) is 3. The van der Waals surface area contributed by atoms with Crippen molar-refractivity contribution in [3.63, 3.8) is 0 Å². The SMILES string of the molecule is COCc1cc(C(=O)Nc2n[nH]c(C)n2)no1. The number of nitrogens with one attached hydrogen (secondary N) is 2. The van der Waals surface area contributed by atoms with Crippen molar-refractivity contribution in [3.05, 3.63) is 23.3 Å². The maximum atomic E-state index is 11.7. The predicted octanol–water partition coefficient (Wildman–Crippen LogP) is 0.500. The lowest BCUT2D eigenvalue weighted by Crippen LogP contribution is -2.13. The molecule has 2 aromatic heterocycles. The van der Waals surface area contributed by atoms with Gasteiger partial charge < -0.3 is 9.26 Å². The van der Waals surface area contributed by atoms with Crippen LogP contribution in [0.15, 0.2) is 10.6 Å². The van der Waals surface area contributed by atoms with Gasteiger partial charge in [-0.15, -0.1) is 5.10 Å². The molecule has 0 aliphatic rings. The van der Waals surface area contributed by atoms with E-state index in [2.05, 4.69) is 25.7 Å². The Balaban J connectivity index is 2.03. The first-order valence-corrected chi connectivity index (χ1v) is 4.84. The average molecular weight is 237 g/mol. The Kier molecular flexibility index (Phi) is 3.15. The van der Waals surface area contributed by atoms with E-state index in [-0.39, 0.29) is 18.2 Å². The van der Waals surface area contributed by atoms with Crippen LogP contribution in [0.3, 0.4) is 0 Å². The van der Waals surface area contributed by atoms with Crippen LogP contribution >= 0.6 is 0 Å². The first-order valence-electron chi connectivity index (χ1n) is 4.84.